The molecule has 3 N–H and O–H groups in total. The maximum absolute atomic E-state index is 13.3. The van der Waals surface area contributed by atoms with Crippen molar-refractivity contribution in [2.75, 3.05) is 4.90 Å². The van der Waals surface area contributed by atoms with Gasteiger partial charge in [-0.25, -0.2) is 9.18 Å². The first kappa shape index (κ1) is 27.1. The normalized spacial score (nSPS) is 12.0. The number of hydrogen-bond donors (Lipinski definition) is 3. The summed E-state index contributed by atoms with van der Waals surface area (Å²) in [7, 11) is 0. The van der Waals surface area contributed by atoms with Crippen molar-refractivity contribution in [1.29, 1.82) is 0 Å². The predicted molar refractivity (Wildman–Crippen MR) is 96.8 cm³/mol. The summed E-state index contributed by atoms with van der Waals surface area (Å²) >= 11 is 0. The third-order valence-corrected chi connectivity index (χ3v) is 3.66. The van der Waals surface area contributed by atoms with Crippen LogP contribution in [0.1, 0.15) is 30.5 Å². The van der Waals surface area contributed by atoms with Gasteiger partial charge in [0.15, 0.2) is 0 Å². The van der Waals surface area contributed by atoms with Crippen LogP contribution in [0.5, 0.6) is 5.75 Å². The second-order valence-electron chi connectivity index (χ2n) is 5.95. The van der Waals surface area contributed by atoms with Gasteiger partial charge in [-0.15, -0.1) is 0 Å². The zero-order valence-corrected chi connectivity index (χ0v) is 16.7. The van der Waals surface area contributed by atoms with Crippen LogP contribution >= 0.6 is 0 Å². The Bertz CT molecular complexity index is 935. The summed E-state index contributed by atoms with van der Waals surface area (Å²) in [6.07, 6.45) is -16.5. The van der Waals surface area contributed by atoms with E-state index in [1.165, 1.54) is 0 Å². The van der Waals surface area contributed by atoms with Gasteiger partial charge < -0.3 is 20.1 Å². The number of alkyl halides is 6. The van der Waals surface area contributed by atoms with Gasteiger partial charge >= 0.3 is 24.5 Å². The van der Waals surface area contributed by atoms with Crippen LogP contribution in [0, 0.1) is 12.7 Å². The Morgan fingerprint density at radius 2 is 1.41 bits per heavy atom. The van der Waals surface area contributed by atoms with E-state index in [1.54, 1.807) is 0 Å². The van der Waals surface area contributed by atoms with Crippen LogP contribution in [-0.4, -0.2) is 27.5 Å². The van der Waals surface area contributed by atoms with Gasteiger partial charge in [0.2, 0.25) is 0 Å². The number of halogens is 7. The number of nitrogens with zero attached hydrogens (tertiary/aromatic N) is 1. The fourth-order valence-electron chi connectivity index (χ4n) is 2.41. The molecule has 2 aromatic rings. The van der Waals surface area contributed by atoms with Crippen molar-refractivity contribution in [1.82, 2.24) is 0 Å². The lowest BCUT2D eigenvalue weighted by Crippen LogP contribution is -2.53. The summed E-state index contributed by atoms with van der Waals surface area (Å²) in [5.41, 5.74) is -5.01. The van der Waals surface area contributed by atoms with Crippen molar-refractivity contribution in [3.8, 4) is 5.75 Å². The van der Waals surface area contributed by atoms with Crippen molar-refractivity contribution in [3.05, 3.63) is 58.9 Å². The van der Waals surface area contributed by atoms with E-state index in [-0.39, 0.29) is 17.0 Å². The van der Waals surface area contributed by atoms with E-state index in [9.17, 15) is 50.8 Å². The molecule has 178 valence electrons. The highest BCUT2D eigenvalue weighted by Gasteiger charge is 2.42. The van der Waals surface area contributed by atoms with Crippen molar-refractivity contribution in [2.24, 2.45) is 0 Å². The molecule has 0 spiro atoms. The van der Waals surface area contributed by atoms with Gasteiger partial charge in [0, 0.05) is 0 Å². The van der Waals surface area contributed by atoms with Crippen LogP contribution in [0.15, 0.2) is 36.4 Å². The third kappa shape index (κ3) is 6.55. The molecule has 0 aliphatic heterocycles. The van der Waals surface area contributed by atoms with E-state index >= 15 is 0 Å². The molecule has 0 saturated heterocycles. The Hall–Kier alpha value is -2.90. The molecule has 0 saturated carbocycles. The first-order chi connectivity index (χ1) is 14.5. The third-order valence-electron chi connectivity index (χ3n) is 3.66. The number of hydrogen-bond acceptors (Lipinski definition) is 5. The summed E-state index contributed by atoms with van der Waals surface area (Å²) in [6, 6.07) is 2.92. The number of rotatable bonds is 3. The first-order valence-electron chi connectivity index (χ1n) is 8.75. The van der Waals surface area contributed by atoms with E-state index in [1.807, 2.05) is 13.8 Å². The van der Waals surface area contributed by atoms with Crippen LogP contribution in [0.3, 0.4) is 0 Å². The van der Waals surface area contributed by atoms with Gasteiger partial charge in [-0.3, -0.25) is 0 Å². The Morgan fingerprint density at radius 1 is 0.906 bits per heavy atom. The Balaban J connectivity index is 0.00000249. The van der Waals surface area contributed by atoms with Crippen LogP contribution in [0.25, 0.3) is 0 Å². The number of aliphatic hydroxyl groups is 3. The van der Waals surface area contributed by atoms with Gasteiger partial charge in [0.05, 0.1) is 16.8 Å². The van der Waals surface area contributed by atoms with Crippen LogP contribution in [-0.2, 0) is 12.4 Å². The molecule has 13 heteroatoms. The largest absolute Gasteiger partial charge is 0.426 e. The molecule has 6 nitrogen and oxygen atoms in total. The van der Waals surface area contributed by atoms with Crippen LogP contribution in [0.4, 0.5) is 41.2 Å². The highest BCUT2D eigenvalue weighted by atomic mass is 19.4. The summed E-state index contributed by atoms with van der Waals surface area (Å²) in [5, 5.41) is 28.1. The van der Waals surface area contributed by atoms with Gasteiger partial charge in [0.1, 0.15) is 11.6 Å². The SMILES string of the molecule is CC.Cc1cc(C(F)(F)F)cc(C(F)(F)F)c1OC(=O)N(c1ccc(F)cc1)C(O)(O)O. The topological polar surface area (TPSA) is 90.2 Å². The maximum atomic E-state index is 13.3. The quantitative estimate of drug-likeness (QED) is 0.441. The molecular weight excluding hydrogens is 455 g/mol. The van der Waals surface area contributed by atoms with Crippen LogP contribution < -0.4 is 9.64 Å². The zero-order chi connectivity index (χ0) is 25.1. The van der Waals surface area contributed by atoms with Crippen molar-refractivity contribution in [2.45, 2.75) is 39.2 Å². The number of aryl methyl sites for hydroxylation is 1. The fourth-order valence-corrected chi connectivity index (χ4v) is 2.41. The number of ether oxygens (including phenoxy) is 1. The monoisotopic (exact) mass is 473 g/mol. The van der Waals surface area contributed by atoms with Gasteiger partial charge in [-0.05, 0) is 48.9 Å². The number of anilines is 1. The Kier molecular flexibility index (Phi) is 8.23. The van der Waals surface area contributed by atoms with E-state index in [0.29, 0.717) is 12.1 Å². The minimum absolute atomic E-state index is 0.282. The minimum atomic E-state index is -5.39. The fraction of sp³-hybridized carbons (Fsp3) is 0.316. The van der Waals surface area contributed by atoms with E-state index in [0.717, 1.165) is 19.1 Å². The molecule has 0 aliphatic carbocycles. The number of benzene rings is 2. The molecule has 2 rings (SSSR count). The van der Waals surface area contributed by atoms with Gasteiger partial charge in [-0.1, -0.05) is 13.8 Å². The smallest absolute Gasteiger partial charge is 0.409 e. The summed E-state index contributed by atoms with van der Waals surface area (Å²) in [5.74, 6) is -2.21. The molecule has 0 bridgehead atoms. The molecule has 32 heavy (non-hydrogen) atoms. The van der Waals surface area contributed by atoms with Crippen molar-refractivity contribution in [3.63, 3.8) is 0 Å². The molecule has 0 atom stereocenters. The molecule has 0 fully saturated rings. The van der Waals surface area contributed by atoms with E-state index in [4.69, 9.17) is 0 Å². The van der Waals surface area contributed by atoms with E-state index in [2.05, 4.69) is 4.74 Å². The minimum Gasteiger partial charge on any atom is -0.409 e. The van der Waals surface area contributed by atoms with E-state index < -0.39 is 58.5 Å². The summed E-state index contributed by atoms with van der Waals surface area (Å²) in [4.78, 5) is 11.9. The average Bonchev–Trinajstić information content (AvgIpc) is 2.63. The molecular formula is C19H18F7NO5. The Morgan fingerprint density at radius 3 is 1.81 bits per heavy atom. The lowest BCUT2D eigenvalue weighted by Gasteiger charge is -2.29. The number of carbonyl (C=O) groups is 1. The lowest BCUT2D eigenvalue weighted by atomic mass is 10.0. The van der Waals surface area contributed by atoms with Crippen molar-refractivity contribution >= 4 is 11.8 Å². The zero-order valence-electron chi connectivity index (χ0n) is 16.7. The summed E-state index contributed by atoms with van der Waals surface area (Å²) in [6.45, 7) is 4.79. The second-order valence-corrected chi connectivity index (χ2v) is 5.95. The lowest BCUT2D eigenvalue weighted by molar-refractivity contribution is -0.305. The van der Waals surface area contributed by atoms with Gasteiger partial charge in [0.25, 0.3) is 0 Å². The first-order valence-corrected chi connectivity index (χ1v) is 8.75. The number of carbonyl (C=O) groups excluding carboxylic acids is 1. The summed E-state index contributed by atoms with van der Waals surface area (Å²) < 4.78 is 95.9. The molecule has 0 aromatic heterocycles. The predicted octanol–water partition coefficient (Wildman–Crippen LogP) is 4.79. The van der Waals surface area contributed by atoms with Gasteiger partial charge in [-0.2, -0.15) is 31.2 Å². The molecule has 0 radical (unpaired) electrons. The average molecular weight is 473 g/mol. The highest BCUT2D eigenvalue weighted by molar-refractivity contribution is 5.90. The molecule has 2 aromatic carbocycles. The second kappa shape index (κ2) is 9.71. The maximum Gasteiger partial charge on any atom is 0.426 e. The van der Waals surface area contributed by atoms with Crippen LogP contribution in [0.2, 0.25) is 0 Å². The number of amides is 1. The standard InChI is InChI=1S/C17H12F7NO5.C2H6/c1-8-6-9(15(19,20)21)7-12(16(22,23)24)13(8)30-14(26)25(17(27,28)29)11-4-2-10(18)3-5-11;1-2/h2-7,27-29H,1H3;1-2H3. The Labute approximate surface area is 177 Å². The molecule has 0 aliphatic rings. The van der Waals surface area contributed by atoms with Crippen molar-refractivity contribution < 1.29 is 55.6 Å². The molecule has 0 heterocycles. The highest BCUT2D eigenvalue weighted by Crippen LogP contribution is 2.42. The molecule has 0 unspecified atom stereocenters. The molecule has 1 amide bonds.